The molecule has 2 N–H and O–H groups in total. The number of amides is 2. The van der Waals surface area contributed by atoms with Crippen LogP contribution in [-0.2, 0) is 19.1 Å². The normalized spacial score (nSPS) is 17.5. The van der Waals surface area contributed by atoms with Gasteiger partial charge in [-0.2, -0.15) is 0 Å². The fourth-order valence-corrected chi connectivity index (χ4v) is 2.55. The smallest absolute Gasteiger partial charge is 0.408 e. The summed E-state index contributed by atoms with van der Waals surface area (Å²) in [6, 6.07) is 6.27. The van der Waals surface area contributed by atoms with Gasteiger partial charge in [0.25, 0.3) is 0 Å². The molecule has 0 saturated heterocycles. The predicted molar refractivity (Wildman–Crippen MR) is 87.6 cm³/mol. The molecule has 7 heteroatoms. The summed E-state index contributed by atoms with van der Waals surface area (Å²) in [5.74, 6) is -1.38. The highest BCUT2D eigenvalue weighted by Gasteiger charge is 2.36. The highest BCUT2D eigenvalue weighted by atomic mass is 16.6. The maximum atomic E-state index is 12.2. The molecule has 2 rings (SSSR count). The van der Waals surface area contributed by atoms with Crippen molar-refractivity contribution in [3.05, 3.63) is 29.8 Å². The van der Waals surface area contributed by atoms with Crippen LogP contribution in [0.4, 0.5) is 10.5 Å². The topological polar surface area (TPSA) is 93.7 Å². The van der Waals surface area contributed by atoms with Gasteiger partial charge in [0.05, 0.1) is 13.0 Å². The Balaban J connectivity index is 2.14. The molecule has 0 radical (unpaired) electrons. The third-order valence-corrected chi connectivity index (χ3v) is 3.56. The molecule has 1 heterocycles. The molecule has 0 aliphatic carbocycles. The van der Waals surface area contributed by atoms with Crippen molar-refractivity contribution in [2.24, 2.45) is 0 Å². The summed E-state index contributed by atoms with van der Waals surface area (Å²) in [5.41, 5.74) is 0.818. The Hall–Kier alpha value is -2.57. The first-order valence-corrected chi connectivity index (χ1v) is 7.68. The minimum Gasteiger partial charge on any atom is -0.467 e. The van der Waals surface area contributed by atoms with Crippen molar-refractivity contribution in [2.75, 3.05) is 12.4 Å². The van der Waals surface area contributed by atoms with Gasteiger partial charge in [0.2, 0.25) is 5.91 Å². The Morgan fingerprint density at radius 1 is 1.29 bits per heavy atom. The van der Waals surface area contributed by atoms with E-state index in [0.717, 1.165) is 5.56 Å². The van der Waals surface area contributed by atoms with Crippen LogP contribution >= 0.6 is 0 Å². The number of ether oxygens (including phenoxy) is 2. The van der Waals surface area contributed by atoms with E-state index in [9.17, 15) is 14.4 Å². The van der Waals surface area contributed by atoms with Crippen molar-refractivity contribution >= 4 is 23.7 Å². The van der Waals surface area contributed by atoms with Crippen molar-refractivity contribution in [3.63, 3.8) is 0 Å². The minimum absolute atomic E-state index is 0.0920. The van der Waals surface area contributed by atoms with Gasteiger partial charge in [-0.1, -0.05) is 18.2 Å². The van der Waals surface area contributed by atoms with Crippen LogP contribution in [0.2, 0.25) is 0 Å². The lowest BCUT2D eigenvalue weighted by Gasteiger charge is -2.23. The Kier molecular flexibility index (Phi) is 5.11. The van der Waals surface area contributed by atoms with E-state index in [2.05, 4.69) is 10.6 Å². The van der Waals surface area contributed by atoms with Crippen molar-refractivity contribution in [3.8, 4) is 0 Å². The molecule has 2 amide bonds. The molecule has 0 spiro atoms. The van der Waals surface area contributed by atoms with Crippen LogP contribution in [0.15, 0.2) is 24.3 Å². The number of benzene rings is 1. The van der Waals surface area contributed by atoms with Crippen molar-refractivity contribution in [1.29, 1.82) is 0 Å². The molecule has 130 valence electrons. The van der Waals surface area contributed by atoms with E-state index in [4.69, 9.17) is 9.47 Å². The number of rotatable bonds is 4. The quantitative estimate of drug-likeness (QED) is 0.823. The maximum Gasteiger partial charge on any atom is 0.408 e. The van der Waals surface area contributed by atoms with E-state index in [1.165, 1.54) is 7.11 Å². The average molecular weight is 334 g/mol. The van der Waals surface area contributed by atoms with Gasteiger partial charge in [-0.15, -0.1) is 0 Å². The van der Waals surface area contributed by atoms with Crippen LogP contribution in [0.25, 0.3) is 0 Å². The molecule has 0 fully saturated rings. The van der Waals surface area contributed by atoms with Gasteiger partial charge in [-0.05, 0) is 38.8 Å². The number of methoxy groups -OCH3 is 1. The summed E-state index contributed by atoms with van der Waals surface area (Å²) >= 11 is 0. The molecule has 1 aliphatic heterocycles. The molecule has 1 aliphatic rings. The summed E-state index contributed by atoms with van der Waals surface area (Å²) in [4.78, 5) is 36.1. The van der Waals surface area contributed by atoms with E-state index in [1.54, 1.807) is 26.8 Å². The SMILES string of the molecule is COC(=O)C(CC1C(=O)Nc2ccccc21)NC(=O)OC(C)(C)C. The number of esters is 1. The monoisotopic (exact) mass is 334 g/mol. The molecule has 0 saturated carbocycles. The first kappa shape index (κ1) is 17.8. The first-order valence-electron chi connectivity index (χ1n) is 7.68. The summed E-state index contributed by atoms with van der Waals surface area (Å²) in [7, 11) is 1.23. The number of hydrogen-bond acceptors (Lipinski definition) is 5. The molecule has 0 bridgehead atoms. The van der Waals surface area contributed by atoms with Crippen LogP contribution in [0.3, 0.4) is 0 Å². The highest BCUT2D eigenvalue weighted by molar-refractivity contribution is 6.03. The largest absolute Gasteiger partial charge is 0.467 e. The molecular formula is C17H22N2O5. The standard InChI is InChI=1S/C17H22N2O5/c1-17(2,3)24-16(22)19-13(15(21)23-4)9-11-10-7-5-6-8-12(10)18-14(11)20/h5-8,11,13H,9H2,1-4H3,(H,18,20)(H,19,22). The van der Waals surface area contributed by atoms with Gasteiger partial charge in [-0.25, -0.2) is 9.59 Å². The zero-order valence-corrected chi connectivity index (χ0v) is 14.2. The number of alkyl carbamates (subject to hydrolysis) is 1. The lowest BCUT2D eigenvalue weighted by molar-refractivity contribution is -0.143. The Morgan fingerprint density at radius 2 is 1.96 bits per heavy atom. The zero-order valence-electron chi connectivity index (χ0n) is 14.2. The third-order valence-electron chi connectivity index (χ3n) is 3.56. The second-order valence-electron chi connectivity index (χ2n) is 6.59. The molecule has 0 aromatic heterocycles. The number of hydrogen-bond donors (Lipinski definition) is 2. The van der Waals surface area contributed by atoms with Gasteiger partial charge < -0.3 is 20.1 Å². The Morgan fingerprint density at radius 3 is 2.58 bits per heavy atom. The minimum atomic E-state index is -0.980. The van der Waals surface area contributed by atoms with Gasteiger partial charge in [0, 0.05) is 5.69 Å². The van der Waals surface area contributed by atoms with E-state index in [-0.39, 0.29) is 12.3 Å². The Labute approximate surface area is 140 Å². The van der Waals surface area contributed by atoms with Gasteiger partial charge in [0.1, 0.15) is 11.6 Å². The summed E-state index contributed by atoms with van der Waals surface area (Å²) in [6.45, 7) is 5.17. The number of anilines is 1. The lowest BCUT2D eigenvalue weighted by Crippen LogP contribution is -2.45. The van der Waals surface area contributed by atoms with Gasteiger partial charge in [0.15, 0.2) is 0 Å². The molecular weight excluding hydrogens is 312 g/mol. The Bertz CT molecular complexity index is 651. The van der Waals surface area contributed by atoms with Gasteiger partial charge >= 0.3 is 12.1 Å². The van der Waals surface area contributed by atoms with E-state index in [1.807, 2.05) is 18.2 Å². The van der Waals surface area contributed by atoms with E-state index >= 15 is 0 Å². The predicted octanol–water partition coefficient (Wildman–Crippen LogP) is 2.18. The second kappa shape index (κ2) is 6.90. The molecule has 1 aromatic rings. The highest BCUT2D eigenvalue weighted by Crippen LogP contribution is 2.35. The van der Waals surface area contributed by atoms with Gasteiger partial charge in [-0.3, -0.25) is 4.79 Å². The van der Waals surface area contributed by atoms with E-state index < -0.39 is 29.6 Å². The fourth-order valence-electron chi connectivity index (χ4n) is 2.55. The van der Waals surface area contributed by atoms with E-state index in [0.29, 0.717) is 5.69 Å². The van der Waals surface area contributed by atoms with Crippen LogP contribution in [0.1, 0.15) is 38.7 Å². The van der Waals surface area contributed by atoms with Crippen molar-refractivity contribution in [1.82, 2.24) is 5.32 Å². The molecule has 2 atom stereocenters. The van der Waals surface area contributed by atoms with Crippen LogP contribution < -0.4 is 10.6 Å². The molecule has 1 aromatic carbocycles. The molecule has 24 heavy (non-hydrogen) atoms. The fraction of sp³-hybridized carbons (Fsp3) is 0.471. The van der Waals surface area contributed by atoms with Crippen molar-refractivity contribution in [2.45, 2.75) is 44.8 Å². The number of fused-ring (bicyclic) bond motifs is 1. The molecule has 2 unspecified atom stereocenters. The number of carbonyl (C=O) groups excluding carboxylic acids is 3. The zero-order chi connectivity index (χ0) is 17.9. The number of nitrogens with one attached hydrogen (secondary N) is 2. The number of para-hydroxylation sites is 1. The summed E-state index contributed by atoms with van der Waals surface area (Å²) in [5, 5.41) is 5.25. The molecule has 7 nitrogen and oxygen atoms in total. The average Bonchev–Trinajstić information content (AvgIpc) is 2.80. The van der Waals surface area contributed by atoms with Crippen molar-refractivity contribution < 1.29 is 23.9 Å². The number of carbonyl (C=O) groups is 3. The first-order chi connectivity index (χ1) is 11.2. The maximum absolute atomic E-state index is 12.2. The lowest BCUT2D eigenvalue weighted by atomic mass is 9.93. The van der Waals surface area contributed by atoms with Crippen LogP contribution in [0.5, 0.6) is 0 Å². The second-order valence-corrected chi connectivity index (χ2v) is 6.59. The van der Waals surface area contributed by atoms with Crippen LogP contribution in [0, 0.1) is 0 Å². The van der Waals surface area contributed by atoms with Crippen LogP contribution in [-0.4, -0.2) is 36.7 Å². The third kappa shape index (κ3) is 4.24. The summed E-state index contributed by atoms with van der Waals surface area (Å²) < 4.78 is 9.90. The summed E-state index contributed by atoms with van der Waals surface area (Å²) in [6.07, 6.45) is -0.640.